The van der Waals surface area contributed by atoms with Gasteiger partial charge in [-0.1, -0.05) is 271 Å². The van der Waals surface area contributed by atoms with E-state index in [1.54, 1.807) is 42.7 Å². The molecule has 656 valence electrons. The van der Waals surface area contributed by atoms with Crippen LogP contribution in [0.3, 0.4) is 0 Å². The molecule has 2 aliphatic rings. The fraction of sp³-hybridized carbons (Fsp3) is 0.140. The van der Waals surface area contributed by atoms with Crippen molar-refractivity contribution in [2.24, 2.45) is 0 Å². The van der Waals surface area contributed by atoms with Crippen LogP contribution in [0.5, 0.6) is 0 Å². The van der Waals surface area contributed by atoms with Gasteiger partial charge in [-0.05, 0) is 252 Å². The number of hydrogen-bond acceptors (Lipinski definition) is 12. The molecule has 0 bridgehead atoms. The Kier molecular flexibility index (Phi) is 44.2. The fourth-order valence-electron chi connectivity index (χ4n) is 11.4. The maximum atomic E-state index is 13.6. The van der Waals surface area contributed by atoms with Crippen LogP contribution in [0, 0.1) is 26.8 Å². The van der Waals surface area contributed by atoms with Gasteiger partial charge in [-0.15, -0.1) is 0 Å². The van der Waals surface area contributed by atoms with Crippen molar-refractivity contribution in [1.82, 2.24) is 19.9 Å². The monoisotopic (exact) mass is 2120 g/mol. The maximum Gasteiger partial charge on any atom is -0.0134 e. The second-order valence-electron chi connectivity index (χ2n) is 28.8. The van der Waals surface area contributed by atoms with Gasteiger partial charge in [0, 0.05) is 80.6 Å². The second kappa shape index (κ2) is 52.4. The van der Waals surface area contributed by atoms with E-state index >= 15 is 0 Å². The van der Waals surface area contributed by atoms with Crippen LogP contribution in [-0.4, -0.2) is 90.7 Å². The molecular formula is C93H86B4Cl9F4IN4O8P2Pd. The van der Waals surface area contributed by atoms with Crippen LogP contribution in [0.1, 0.15) is 62.8 Å². The first-order valence-electron chi connectivity index (χ1n) is 37.9. The molecule has 0 radical (unpaired) electrons. The topological polar surface area (TPSA) is 169 Å². The van der Waals surface area contributed by atoms with E-state index in [0.29, 0.717) is 58.5 Å². The molecule has 0 atom stereocenters. The van der Waals surface area contributed by atoms with Gasteiger partial charge in [0.25, 0.3) is 0 Å². The van der Waals surface area contributed by atoms with Crippen molar-refractivity contribution in [3.05, 3.63) is 390 Å². The summed E-state index contributed by atoms with van der Waals surface area (Å²) in [5.74, 6) is -1.82. The molecule has 6 heterocycles. The van der Waals surface area contributed by atoms with Gasteiger partial charge in [-0.25, -0.2) is 22.5 Å². The Bertz CT molecular complexity index is 5210. The summed E-state index contributed by atoms with van der Waals surface area (Å²) in [6.07, 6.45) is 6.12. The Hall–Kier alpha value is -6.68. The summed E-state index contributed by atoms with van der Waals surface area (Å²) in [6.45, 7) is 16.2. The number of rotatable bonds is 12. The number of pyridine rings is 4. The molecular weight excluding hydrogens is 2030 g/mol. The molecule has 2 saturated heterocycles. The third-order valence-electron chi connectivity index (χ3n) is 18.9. The smallest absolute Gasteiger partial charge is 0.0134 e. The molecule has 4 aromatic heterocycles. The van der Waals surface area contributed by atoms with Gasteiger partial charge in [0.1, 0.15) is 28.4 Å². The van der Waals surface area contributed by atoms with E-state index in [9.17, 15) is 17.6 Å². The molecule has 16 rings (SSSR count). The average Bonchev–Trinajstić information content (AvgIpc) is 1.59. The minimum atomic E-state index is -1.81. The molecule has 2 aliphatic heterocycles. The SMILES string of the molecule is C.CC1(C)OB(B2OC(C)(C)C(C)(C)O2)OC1(C)C.Clc1ccnc(Cl)c1.Fc1ccc(Cl)cc1-c1cc(Cl)ccn1.Fc1ccc(Cl)cc1-c1cc(I)ccn1.OB(O)c1cc(Cl)ccc1F.OB(O)c1ccnc(-c2cc(Cl)ccc2F)c1.[Cl][Pd][Cl].c1ccc(P(c2ccccc2)c2ccccc2)cc1.c1ccc(P(c2ccccc2)c2ccccc2)cc1. The fourth-order valence-corrected chi connectivity index (χ4v) is 17.7. The summed E-state index contributed by atoms with van der Waals surface area (Å²) in [7, 11) is 4.36. The summed E-state index contributed by atoms with van der Waals surface area (Å²) in [6, 6.07) is 94.1. The van der Waals surface area contributed by atoms with E-state index in [-0.39, 0.29) is 78.9 Å². The summed E-state index contributed by atoms with van der Waals surface area (Å²) in [4.78, 5) is 15.8. The molecule has 0 amide bonds. The largest absolute Gasteiger partial charge is 0.0622 e. The first-order chi connectivity index (χ1) is 59.5. The number of halogens is 14. The van der Waals surface area contributed by atoms with Crippen LogP contribution in [0.25, 0.3) is 33.8 Å². The summed E-state index contributed by atoms with van der Waals surface area (Å²) in [5.41, 5.74) is 0.975. The Labute approximate surface area is 803 Å². The zero-order valence-corrected chi connectivity index (χ0v) is 80.5. The van der Waals surface area contributed by atoms with Gasteiger partial charge in [-0.3, -0.25) is 15.0 Å². The van der Waals surface area contributed by atoms with Crippen LogP contribution in [-0.2, 0) is 34.6 Å². The van der Waals surface area contributed by atoms with Crippen LogP contribution in [0.15, 0.2) is 328 Å². The van der Waals surface area contributed by atoms with Gasteiger partial charge < -0.3 is 38.7 Å². The number of hydrogen-bond donors (Lipinski definition) is 4. The van der Waals surface area contributed by atoms with Gasteiger partial charge in [0.2, 0.25) is 0 Å². The molecule has 12 nitrogen and oxygen atoms in total. The molecule has 0 saturated carbocycles. The van der Waals surface area contributed by atoms with Gasteiger partial charge >= 0.3 is 63.3 Å². The summed E-state index contributed by atoms with van der Waals surface area (Å²) in [5, 5.41) is 46.8. The second-order valence-corrected chi connectivity index (χ2v) is 39.8. The summed E-state index contributed by atoms with van der Waals surface area (Å²) >= 11 is 41.7. The predicted octanol–water partition coefficient (Wildman–Crippen LogP) is 23.3. The van der Waals surface area contributed by atoms with E-state index in [0.717, 1.165) is 9.64 Å². The molecule has 0 spiro atoms. The minimum absolute atomic E-state index is 0. The van der Waals surface area contributed by atoms with Crippen LogP contribution in [0.4, 0.5) is 17.6 Å². The van der Waals surface area contributed by atoms with Gasteiger partial charge in [0.05, 0.1) is 39.5 Å². The van der Waals surface area contributed by atoms with Crippen LogP contribution >= 0.6 is 139 Å². The van der Waals surface area contributed by atoms with Crippen LogP contribution < -0.4 is 42.8 Å². The first kappa shape index (κ1) is 106. The van der Waals surface area contributed by atoms with Crippen molar-refractivity contribution in [3.8, 4) is 33.8 Å². The molecule has 0 unspecified atom stereocenters. The molecule has 2 fully saturated rings. The van der Waals surface area contributed by atoms with Crippen molar-refractivity contribution in [2.75, 3.05) is 0 Å². The Morgan fingerprint density at radius 1 is 0.325 bits per heavy atom. The molecule has 126 heavy (non-hydrogen) atoms. The van der Waals surface area contributed by atoms with E-state index in [1.165, 1.54) is 117 Å². The van der Waals surface area contributed by atoms with Crippen molar-refractivity contribution < 1.29 is 72.2 Å². The molecule has 14 aromatic rings. The number of benzene rings is 10. The minimum Gasteiger partial charge on any atom is -0.0622 e. The standard InChI is InChI=1S/2C18H15P.C12H24B2O4.C11H8BClFNO2.C11H6Cl2FN.C11H6ClFIN.C6H5BClFO2.C5H3Cl2N.CH4.2ClH.Pd/c2*1-4-10-16(11-5-1)19(17-12-6-2-7-13-17)18-14-8-3-9-15-18;1-9(2)10(3,4)16-13(15-9)14-17-11(5,6)12(7,8)18-14;13-8-1-2-10(14)9(6-8)11-5-7(12(16)17)3-4-15-11;12-7-1-2-10(14)9(5-7)11-6-8(13)3-4-15-11;12-7-1-2-10(13)9(5-7)11-6-8(14)3-4-15-11;8-4-1-2-6(9)5(3-4)7(10)11;6-4-1-2-8-5(7)3-4;;;;/h2*1-15H;1-8H3;1-6,16-17H;2*1-6H;1-3,10-11H;1-3H;1H4;2*1H;/q;;;;;;;;;;;+2/p-2. The molecule has 10 aromatic carbocycles. The quantitative estimate of drug-likeness (QED) is 0.0301. The van der Waals surface area contributed by atoms with Crippen LogP contribution in [0.2, 0.25) is 35.3 Å². The van der Waals surface area contributed by atoms with E-state index in [4.69, 9.17) is 139 Å². The Morgan fingerprint density at radius 3 is 0.857 bits per heavy atom. The number of aromatic nitrogens is 4. The van der Waals surface area contributed by atoms with Crippen molar-refractivity contribution in [1.29, 1.82) is 0 Å². The molecule has 33 heteroatoms. The van der Waals surface area contributed by atoms with E-state index in [2.05, 4.69) is 225 Å². The normalized spacial score (nSPS) is 13.2. The van der Waals surface area contributed by atoms with Gasteiger partial charge in [-0.2, -0.15) is 0 Å². The average molecular weight is 2120 g/mol. The van der Waals surface area contributed by atoms with E-state index < -0.39 is 55.7 Å². The third kappa shape index (κ3) is 33.0. The molecule has 4 N–H and O–H groups in total. The zero-order chi connectivity index (χ0) is 91.0. The summed E-state index contributed by atoms with van der Waals surface area (Å²) < 4.78 is 78.0. The van der Waals surface area contributed by atoms with Crippen molar-refractivity contribution in [2.45, 2.75) is 85.2 Å². The van der Waals surface area contributed by atoms with Gasteiger partial charge in [0.15, 0.2) is 0 Å². The predicted molar refractivity (Wildman–Crippen MR) is 528 cm³/mol. The number of nitrogens with zero attached hydrogens (tertiary/aromatic N) is 4. The Balaban J connectivity index is 0.000000198. The first-order valence-corrected chi connectivity index (χ1v) is 48.4. The third-order valence-corrected chi connectivity index (χ3v) is 26.1. The molecule has 0 aliphatic carbocycles. The zero-order valence-electron chi connectivity index (χ0n) is 68.2. The van der Waals surface area contributed by atoms with E-state index in [1.807, 2.05) is 67.5 Å². The Morgan fingerprint density at radius 2 is 0.587 bits per heavy atom. The maximum absolute atomic E-state index is 13.6. The van der Waals surface area contributed by atoms with Crippen molar-refractivity contribution >= 4 is 210 Å². The van der Waals surface area contributed by atoms with Crippen molar-refractivity contribution in [3.63, 3.8) is 0 Å².